The summed E-state index contributed by atoms with van der Waals surface area (Å²) in [7, 11) is -3.09. The van der Waals surface area contributed by atoms with Gasteiger partial charge in [-0.3, -0.25) is 4.79 Å². The third-order valence-electron chi connectivity index (χ3n) is 5.69. The van der Waals surface area contributed by atoms with Gasteiger partial charge in [-0.15, -0.1) is 0 Å². The Morgan fingerprint density at radius 3 is 2.40 bits per heavy atom. The van der Waals surface area contributed by atoms with Crippen LogP contribution < -0.4 is 15.5 Å². The van der Waals surface area contributed by atoms with E-state index in [0.717, 1.165) is 56.1 Å². The lowest BCUT2D eigenvalue weighted by Gasteiger charge is -2.30. The molecule has 0 radical (unpaired) electrons. The van der Waals surface area contributed by atoms with Gasteiger partial charge in [-0.2, -0.15) is 0 Å². The molecule has 2 fully saturated rings. The lowest BCUT2D eigenvalue weighted by atomic mass is 9.98. The van der Waals surface area contributed by atoms with Crippen molar-refractivity contribution in [3.05, 3.63) is 29.8 Å². The summed E-state index contributed by atoms with van der Waals surface area (Å²) in [6.07, 6.45) is 4.55. The summed E-state index contributed by atoms with van der Waals surface area (Å²) in [5, 5.41) is 6.66. The fourth-order valence-electron chi connectivity index (χ4n) is 3.90. The smallest absolute Gasteiger partial charge is 0.227 e. The molecule has 0 bridgehead atoms. The summed E-state index contributed by atoms with van der Waals surface area (Å²) in [5.41, 5.74) is 2.04. The first-order chi connectivity index (χ1) is 14.4. The number of hydrogen-bond donors (Lipinski definition) is 2. The second-order valence-corrected chi connectivity index (χ2v) is 9.98. The zero-order chi connectivity index (χ0) is 21.6. The van der Waals surface area contributed by atoms with Gasteiger partial charge in [0.2, 0.25) is 15.9 Å². The SMILES string of the molecule is CCNC(=NCc1ccc(N2CCCC2=O)cc1)NCC1CCN(S(C)(=O)=O)CC1. The van der Waals surface area contributed by atoms with Crippen molar-refractivity contribution in [3.63, 3.8) is 0 Å². The van der Waals surface area contributed by atoms with Gasteiger partial charge in [0.15, 0.2) is 5.96 Å². The molecule has 9 heteroatoms. The number of anilines is 1. The first kappa shape index (κ1) is 22.6. The molecule has 2 saturated heterocycles. The topological polar surface area (TPSA) is 94.1 Å². The monoisotopic (exact) mass is 435 g/mol. The number of rotatable bonds is 7. The first-order valence-corrected chi connectivity index (χ1v) is 12.6. The summed E-state index contributed by atoms with van der Waals surface area (Å²) >= 11 is 0. The van der Waals surface area contributed by atoms with E-state index in [1.165, 1.54) is 6.26 Å². The molecule has 0 aromatic heterocycles. The fraction of sp³-hybridized carbons (Fsp3) is 0.619. The number of benzene rings is 1. The molecule has 2 heterocycles. The minimum Gasteiger partial charge on any atom is -0.357 e. The van der Waals surface area contributed by atoms with E-state index in [0.29, 0.717) is 32.0 Å². The normalized spacial score (nSPS) is 19.3. The molecule has 1 aromatic carbocycles. The zero-order valence-corrected chi connectivity index (χ0v) is 18.7. The maximum absolute atomic E-state index is 11.9. The van der Waals surface area contributed by atoms with Gasteiger partial charge in [0, 0.05) is 44.8 Å². The molecule has 0 unspecified atom stereocenters. The summed E-state index contributed by atoms with van der Waals surface area (Å²) in [4.78, 5) is 18.4. The quantitative estimate of drug-likeness (QED) is 0.501. The van der Waals surface area contributed by atoms with Crippen LogP contribution in [0.5, 0.6) is 0 Å². The van der Waals surface area contributed by atoms with Crippen molar-refractivity contribution in [2.75, 3.05) is 43.9 Å². The van der Waals surface area contributed by atoms with Crippen LogP contribution in [0.1, 0.15) is 38.2 Å². The van der Waals surface area contributed by atoms with Crippen LogP contribution in [0.25, 0.3) is 0 Å². The predicted molar refractivity (Wildman–Crippen MR) is 120 cm³/mol. The number of sulfonamides is 1. The van der Waals surface area contributed by atoms with Crippen LogP contribution in [0.3, 0.4) is 0 Å². The largest absolute Gasteiger partial charge is 0.357 e. The van der Waals surface area contributed by atoms with Crippen molar-refractivity contribution in [1.82, 2.24) is 14.9 Å². The number of nitrogens with zero attached hydrogens (tertiary/aromatic N) is 3. The van der Waals surface area contributed by atoms with Crippen LogP contribution in [0.4, 0.5) is 5.69 Å². The van der Waals surface area contributed by atoms with Gasteiger partial charge in [-0.25, -0.2) is 17.7 Å². The number of nitrogens with one attached hydrogen (secondary N) is 2. The molecule has 0 aliphatic carbocycles. The number of amides is 1. The van der Waals surface area contributed by atoms with E-state index < -0.39 is 10.0 Å². The van der Waals surface area contributed by atoms with Gasteiger partial charge in [0.1, 0.15) is 0 Å². The molecule has 30 heavy (non-hydrogen) atoms. The summed E-state index contributed by atoms with van der Waals surface area (Å²) < 4.78 is 24.8. The Bertz CT molecular complexity index is 846. The van der Waals surface area contributed by atoms with Crippen molar-refractivity contribution in [1.29, 1.82) is 0 Å². The maximum Gasteiger partial charge on any atom is 0.227 e. The minimum atomic E-state index is -3.09. The van der Waals surface area contributed by atoms with Crippen LogP contribution in [0, 0.1) is 5.92 Å². The van der Waals surface area contributed by atoms with Crippen LogP contribution in [-0.2, 0) is 21.4 Å². The van der Waals surface area contributed by atoms with E-state index in [-0.39, 0.29) is 5.91 Å². The van der Waals surface area contributed by atoms with Gasteiger partial charge in [-0.1, -0.05) is 12.1 Å². The van der Waals surface area contributed by atoms with E-state index in [1.807, 2.05) is 36.1 Å². The second-order valence-electron chi connectivity index (χ2n) is 8.00. The highest BCUT2D eigenvalue weighted by Gasteiger charge is 2.25. The van der Waals surface area contributed by atoms with Crippen molar-refractivity contribution in [2.45, 2.75) is 39.2 Å². The first-order valence-electron chi connectivity index (χ1n) is 10.7. The molecule has 166 valence electrons. The third-order valence-corrected chi connectivity index (χ3v) is 6.99. The molecule has 1 amide bonds. The molecule has 0 saturated carbocycles. The Labute approximate surface area is 179 Å². The summed E-state index contributed by atoms with van der Waals surface area (Å²) in [6, 6.07) is 8.03. The Morgan fingerprint density at radius 2 is 1.83 bits per heavy atom. The van der Waals surface area contributed by atoms with Crippen LogP contribution in [-0.4, -0.2) is 63.6 Å². The van der Waals surface area contributed by atoms with Crippen molar-refractivity contribution >= 4 is 27.6 Å². The molecule has 0 atom stereocenters. The van der Waals surface area contributed by atoms with E-state index in [1.54, 1.807) is 4.31 Å². The molecule has 8 nitrogen and oxygen atoms in total. The van der Waals surface area contributed by atoms with Crippen molar-refractivity contribution in [3.8, 4) is 0 Å². The standard InChI is InChI=1S/C21H33N5O3S/c1-3-22-21(24-16-18-10-13-25(14-11-18)30(2,28)29)23-15-17-6-8-19(9-7-17)26-12-4-5-20(26)27/h6-9,18H,3-5,10-16H2,1-2H3,(H2,22,23,24). The fourth-order valence-corrected chi connectivity index (χ4v) is 4.77. The number of guanidine groups is 1. The van der Waals surface area contributed by atoms with Crippen LogP contribution in [0.2, 0.25) is 0 Å². The van der Waals surface area contributed by atoms with Crippen molar-refractivity contribution in [2.24, 2.45) is 10.9 Å². The Hall–Kier alpha value is -2.13. The average molecular weight is 436 g/mol. The van der Waals surface area contributed by atoms with Gasteiger partial charge < -0.3 is 15.5 Å². The lowest BCUT2D eigenvalue weighted by molar-refractivity contribution is -0.117. The molecule has 2 aliphatic rings. The minimum absolute atomic E-state index is 0.196. The average Bonchev–Trinajstić information content (AvgIpc) is 3.16. The Balaban J connectivity index is 1.50. The molecular weight excluding hydrogens is 402 g/mol. The van der Waals surface area contributed by atoms with E-state index in [9.17, 15) is 13.2 Å². The number of aliphatic imine (C=N–C) groups is 1. The number of carbonyl (C=O) groups excluding carboxylic acids is 1. The molecule has 3 rings (SSSR count). The number of carbonyl (C=O) groups is 1. The van der Waals surface area contributed by atoms with Gasteiger partial charge >= 0.3 is 0 Å². The van der Waals surface area contributed by atoms with Crippen molar-refractivity contribution < 1.29 is 13.2 Å². The van der Waals surface area contributed by atoms with Crippen LogP contribution in [0.15, 0.2) is 29.3 Å². The molecular formula is C21H33N5O3S. The van der Waals surface area contributed by atoms with Gasteiger partial charge in [-0.05, 0) is 49.8 Å². The molecule has 1 aromatic rings. The molecule has 2 aliphatic heterocycles. The van der Waals surface area contributed by atoms with E-state index in [2.05, 4.69) is 15.6 Å². The number of hydrogen-bond acceptors (Lipinski definition) is 4. The Kier molecular flexibility index (Phi) is 7.71. The second kappa shape index (κ2) is 10.3. The van der Waals surface area contributed by atoms with E-state index in [4.69, 9.17) is 0 Å². The predicted octanol–water partition coefficient (Wildman–Crippen LogP) is 1.54. The van der Waals surface area contributed by atoms with Crippen LogP contribution >= 0.6 is 0 Å². The summed E-state index contributed by atoms with van der Waals surface area (Å²) in [6.45, 7) is 6.11. The highest BCUT2D eigenvalue weighted by atomic mass is 32.2. The van der Waals surface area contributed by atoms with Gasteiger partial charge in [0.25, 0.3) is 0 Å². The zero-order valence-electron chi connectivity index (χ0n) is 17.9. The molecule has 0 spiro atoms. The maximum atomic E-state index is 11.9. The lowest BCUT2D eigenvalue weighted by Crippen LogP contribution is -2.44. The third kappa shape index (κ3) is 6.18. The Morgan fingerprint density at radius 1 is 1.13 bits per heavy atom. The summed E-state index contributed by atoms with van der Waals surface area (Å²) in [5.74, 6) is 1.40. The van der Waals surface area contributed by atoms with Gasteiger partial charge in [0.05, 0.1) is 12.8 Å². The number of piperidine rings is 1. The van der Waals surface area contributed by atoms with E-state index >= 15 is 0 Å². The highest BCUT2D eigenvalue weighted by molar-refractivity contribution is 7.88. The highest BCUT2D eigenvalue weighted by Crippen LogP contribution is 2.22. The molecule has 2 N–H and O–H groups in total.